The number of nitrogens with zero attached hydrogens (tertiary/aromatic N) is 4. The molecule has 1 atom stereocenters. The minimum absolute atomic E-state index is 0.102. The first-order valence-corrected chi connectivity index (χ1v) is 18.5. The zero-order chi connectivity index (χ0) is 40.2. The Kier molecular flexibility index (Phi) is 10.6. The van der Waals surface area contributed by atoms with E-state index in [4.69, 9.17) is 28.7 Å². The van der Waals surface area contributed by atoms with Crippen LogP contribution in [0.2, 0.25) is 0 Å². The van der Waals surface area contributed by atoms with E-state index in [1.54, 1.807) is 71.4 Å². The van der Waals surface area contributed by atoms with Crippen molar-refractivity contribution in [3.8, 4) is 51.0 Å². The summed E-state index contributed by atoms with van der Waals surface area (Å²) in [6.45, 7) is 0.102. The van der Waals surface area contributed by atoms with Crippen LogP contribution < -0.4 is 34.8 Å². The van der Waals surface area contributed by atoms with Gasteiger partial charge in [0.25, 0.3) is 11.1 Å². The molecule has 0 fully saturated rings. The third-order valence-corrected chi connectivity index (χ3v) is 10.2. The molecule has 0 amide bonds. The first kappa shape index (κ1) is 37.5. The molecule has 294 valence electrons. The van der Waals surface area contributed by atoms with E-state index in [0.29, 0.717) is 56.5 Å². The maximum Gasteiger partial charge on any atom is 0.259 e. The first-order valence-electron chi connectivity index (χ1n) is 18.5. The highest BCUT2D eigenvalue weighted by Gasteiger charge is 2.24. The summed E-state index contributed by atoms with van der Waals surface area (Å²) in [4.78, 5) is 40.8. The molecule has 1 unspecified atom stereocenters. The van der Waals surface area contributed by atoms with E-state index in [-0.39, 0.29) is 23.6 Å². The minimum Gasteiger partial charge on any atom is -0.497 e. The van der Waals surface area contributed by atoms with Crippen LogP contribution in [0.5, 0.6) is 28.7 Å². The average Bonchev–Trinajstić information content (AvgIpc) is 4.02. The van der Waals surface area contributed by atoms with E-state index >= 15 is 0 Å². The second kappa shape index (κ2) is 16.4. The second-order valence-corrected chi connectivity index (χ2v) is 13.6. The van der Waals surface area contributed by atoms with Crippen molar-refractivity contribution < 1.29 is 23.7 Å². The number of methoxy groups -OCH3 is 4. The van der Waals surface area contributed by atoms with Crippen LogP contribution in [0.1, 0.15) is 35.1 Å². The smallest absolute Gasteiger partial charge is 0.259 e. The van der Waals surface area contributed by atoms with Crippen molar-refractivity contribution >= 4 is 21.8 Å². The van der Waals surface area contributed by atoms with Crippen LogP contribution in [0.4, 0.5) is 0 Å². The summed E-state index contributed by atoms with van der Waals surface area (Å²) >= 11 is 0. The number of rotatable bonds is 10. The monoisotopic (exact) mass is 780 g/mol. The van der Waals surface area contributed by atoms with Crippen molar-refractivity contribution in [1.82, 2.24) is 40.3 Å². The molecule has 4 aromatic heterocycles. The Hall–Kier alpha value is -7.42. The predicted octanol–water partition coefficient (Wildman–Crippen LogP) is 6.51. The molecule has 0 saturated carbocycles. The predicted molar refractivity (Wildman–Crippen MR) is 218 cm³/mol. The maximum atomic E-state index is 13.0. The Balaban J connectivity index is 0.000000162. The lowest BCUT2D eigenvalue weighted by atomic mass is 9.83. The van der Waals surface area contributed by atoms with Crippen molar-refractivity contribution in [1.29, 1.82) is 0 Å². The first-order chi connectivity index (χ1) is 28.3. The van der Waals surface area contributed by atoms with Crippen LogP contribution in [0.3, 0.4) is 0 Å². The molecule has 8 aromatic rings. The molecule has 0 bridgehead atoms. The molecule has 9 rings (SSSR count). The van der Waals surface area contributed by atoms with E-state index in [1.165, 1.54) is 11.1 Å². The number of aromatic nitrogens is 8. The summed E-state index contributed by atoms with van der Waals surface area (Å²) < 4.78 is 27.3. The minimum atomic E-state index is -0.266. The molecular weight excluding hydrogens is 741 g/mol. The van der Waals surface area contributed by atoms with Crippen molar-refractivity contribution in [2.24, 2.45) is 0 Å². The lowest BCUT2D eigenvalue weighted by Crippen LogP contribution is -2.20. The summed E-state index contributed by atoms with van der Waals surface area (Å²) in [6.07, 6.45) is 9.62. The fourth-order valence-corrected chi connectivity index (χ4v) is 7.15. The molecule has 4 heterocycles. The lowest BCUT2D eigenvalue weighted by molar-refractivity contribution is 0.293. The number of benzene rings is 4. The van der Waals surface area contributed by atoms with Crippen molar-refractivity contribution in [2.45, 2.75) is 31.8 Å². The third kappa shape index (κ3) is 7.69. The highest BCUT2D eigenvalue weighted by atomic mass is 16.5. The van der Waals surface area contributed by atoms with Crippen molar-refractivity contribution in [2.75, 3.05) is 28.4 Å². The number of fused-ring (bicyclic) bond motifs is 3. The Morgan fingerprint density at radius 2 is 1.26 bits per heavy atom. The highest BCUT2D eigenvalue weighted by Crippen LogP contribution is 2.35. The fraction of sp³-hybridized carbons (Fsp3) is 0.209. The summed E-state index contributed by atoms with van der Waals surface area (Å²) in [5, 5.41) is 14.4. The molecule has 0 spiro atoms. The van der Waals surface area contributed by atoms with E-state index in [9.17, 15) is 9.59 Å². The number of H-pyrrole nitrogens is 4. The van der Waals surface area contributed by atoms with E-state index in [0.717, 1.165) is 47.3 Å². The highest BCUT2D eigenvalue weighted by molar-refractivity contribution is 5.90. The van der Waals surface area contributed by atoms with Gasteiger partial charge < -0.3 is 33.7 Å². The van der Waals surface area contributed by atoms with Gasteiger partial charge in [0.2, 0.25) is 0 Å². The van der Waals surface area contributed by atoms with E-state index in [2.05, 4.69) is 47.5 Å². The van der Waals surface area contributed by atoms with Crippen LogP contribution in [0.15, 0.2) is 101 Å². The number of ether oxygens (including phenoxy) is 5. The van der Waals surface area contributed by atoms with Gasteiger partial charge in [0.1, 0.15) is 58.0 Å². The zero-order valence-electron chi connectivity index (χ0n) is 32.2. The van der Waals surface area contributed by atoms with Gasteiger partial charge >= 0.3 is 0 Å². The molecule has 0 saturated heterocycles. The normalized spacial score (nSPS) is 13.3. The fourth-order valence-electron chi connectivity index (χ4n) is 7.15. The van der Waals surface area contributed by atoms with Crippen LogP contribution in [0.25, 0.3) is 44.1 Å². The standard InChI is InChI=1S/C23H22N4O3.C20H18N4O4/c1-29-18-6-5-13-3-4-14(7-15(13)8-18)22-26-21-19(23(28)27-22)9-16(10-20(21)30-2)17-11-24-25-12-17;1-26-14-4-3-5-15(8-14)28-11-18-23-19-16(20(25)24-18)6-12(7-17(19)27-2)13-9-21-22-10-13/h5-6,8-12,14H,3-4,7H2,1-2H3,(H,24,25)(H,26,27,28);3-10H,11H2,1-2H3,(H,21,22)(H,23,24,25). The molecule has 0 radical (unpaired) electrons. The van der Waals surface area contributed by atoms with Crippen molar-refractivity contribution in [3.63, 3.8) is 0 Å². The molecule has 0 aliphatic heterocycles. The van der Waals surface area contributed by atoms with Crippen LogP contribution in [0, 0.1) is 0 Å². The van der Waals surface area contributed by atoms with Gasteiger partial charge in [-0.05, 0) is 90.0 Å². The van der Waals surface area contributed by atoms with Crippen LogP contribution in [-0.2, 0) is 19.4 Å². The SMILES string of the molecule is COc1ccc2c(c1)CC(c1nc3c(OC)cc(-c4cn[nH]c4)cc3c(=O)[nH]1)CC2.COc1cccc(OCc2nc3c(OC)cc(-c4cn[nH]c4)cc3c(=O)[nH]2)c1. The summed E-state index contributed by atoms with van der Waals surface area (Å²) in [5.74, 6) is 4.47. The lowest BCUT2D eigenvalue weighted by Gasteiger charge is -2.24. The van der Waals surface area contributed by atoms with Crippen LogP contribution >= 0.6 is 0 Å². The summed E-state index contributed by atoms with van der Waals surface area (Å²) in [5.41, 5.74) is 6.61. The molecule has 15 nitrogen and oxygen atoms in total. The van der Waals surface area contributed by atoms with Gasteiger partial charge in [0, 0.05) is 35.5 Å². The number of aryl methyl sites for hydroxylation is 1. The number of hydrogen-bond acceptors (Lipinski definition) is 11. The van der Waals surface area contributed by atoms with Crippen LogP contribution in [-0.4, -0.2) is 68.8 Å². The van der Waals surface area contributed by atoms with Gasteiger partial charge in [-0.25, -0.2) is 9.97 Å². The van der Waals surface area contributed by atoms with Gasteiger partial charge in [0.15, 0.2) is 0 Å². The molecular formula is C43H40N8O7. The Labute approximate surface area is 331 Å². The number of nitrogens with one attached hydrogen (secondary N) is 4. The van der Waals surface area contributed by atoms with E-state index in [1.807, 2.05) is 36.4 Å². The number of hydrogen-bond donors (Lipinski definition) is 4. The molecule has 15 heteroatoms. The van der Waals surface area contributed by atoms with E-state index < -0.39 is 0 Å². The average molecular weight is 781 g/mol. The molecule has 1 aliphatic rings. The second-order valence-electron chi connectivity index (χ2n) is 13.6. The Morgan fingerprint density at radius 1 is 0.638 bits per heavy atom. The van der Waals surface area contributed by atoms with Gasteiger partial charge in [-0.2, -0.15) is 10.2 Å². The van der Waals surface area contributed by atoms with Gasteiger partial charge in [0.05, 0.1) is 51.6 Å². The summed E-state index contributed by atoms with van der Waals surface area (Å²) in [6, 6.07) is 20.7. The van der Waals surface area contributed by atoms with Gasteiger partial charge in [-0.15, -0.1) is 0 Å². The van der Waals surface area contributed by atoms with Crippen molar-refractivity contribution in [3.05, 3.63) is 135 Å². The summed E-state index contributed by atoms with van der Waals surface area (Å²) in [7, 11) is 6.41. The molecule has 4 N–H and O–H groups in total. The zero-order valence-corrected chi connectivity index (χ0v) is 32.2. The molecule has 58 heavy (non-hydrogen) atoms. The Bertz CT molecular complexity index is 2830. The van der Waals surface area contributed by atoms with Gasteiger partial charge in [-0.1, -0.05) is 12.1 Å². The molecule has 1 aliphatic carbocycles. The molecule has 4 aromatic carbocycles. The Morgan fingerprint density at radius 3 is 1.88 bits per heavy atom. The largest absolute Gasteiger partial charge is 0.497 e. The quantitative estimate of drug-likeness (QED) is 0.118. The maximum absolute atomic E-state index is 13.0. The topological polar surface area (TPSA) is 195 Å². The van der Waals surface area contributed by atoms with Gasteiger partial charge in [-0.3, -0.25) is 19.8 Å². The number of aromatic amines is 4. The third-order valence-electron chi connectivity index (χ3n) is 10.2.